The monoisotopic (exact) mass is 469 g/mol. The van der Waals surface area contributed by atoms with Gasteiger partial charge in [0.25, 0.3) is 10.0 Å². The Kier molecular flexibility index (Phi) is 6.63. The summed E-state index contributed by atoms with van der Waals surface area (Å²) < 4.78 is 34.6. The van der Waals surface area contributed by atoms with Gasteiger partial charge in [-0.3, -0.25) is 9.71 Å². The maximum Gasteiger partial charge on any atom is 0.259 e. The average molecular weight is 470 g/mol. The van der Waals surface area contributed by atoms with Crippen LogP contribution in [-0.2, 0) is 14.8 Å². The SMILES string of the molecule is C=C/C(=N\C=C(/C)S(=O)(=O)Nc1cccc(-c2nc3ccncc3s2)c1)N1CCOCC1. The fourth-order valence-electron chi connectivity index (χ4n) is 3.14. The van der Waals surface area contributed by atoms with Crippen molar-refractivity contribution >= 4 is 43.1 Å². The molecule has 0 unspecified atom stereocenters. The maximum absolute atomic E-state index is 12.8. The molecule has 8 nitrogen and oxygen atoms in total. The van der Waals surface area contributed by atoms with Crippen molar-refractivity contribution in [3.8, 4) is 10.6 Å². The number of anilines is 1. The lowest BCUT2D eigenvalue weighted by atomic mass is 10.2. The van der Waals surface area contributed by atoms with Crippen molar-refractivity contribution in [1.29, 1.82) is 0 Å². The van der Waals surface area contributed by atoms with Crippen LogP contribution in [0.5, 0.6) is 0 Å². The van der Waals surface area contributed by atoms with E-state index in [-0.39, 0.29) is 4.91 Å². The first-order valence-electron chi connectivity index (χ1n) is 10.00. The number of hydrogen-bond acceptors (Lipinski definition) is 7. The van der Waals surface area contributed by atoms with Crippen molar-refractivity contribution in [3.63, 3.8) is 0 Å². The minimum Gasteiger partial charge on any atom is -0.378 e. The van der Waals surface area contributed by atoms with Gasteiger partial charge in [-0.25, -0.2) is 18.4 Å². The number of fused-ring (bicyclic) bond motifs is 1. The van der Waals surface area contributed by atoms with Crippen molar-refractivity contribution in [2.24, 2.45) is 4.99 Å². The predicted molar refractivity (Wildman–Crippen MR) is 129 cm³/mol. The number of sulfonamides is 1. The minimum atomic E-state index is -3.77. The molecule has 0 spiro atoms. The van der Waals surface area contributed by atoms with E-state index in [1.807, 2.05) is 17.0 Å². The number of amidine groups is 1. The second-order valence-corrected chi connectivity index (χ2v) is 9.96. The van der Waals surface area contributed by atoms with Crippen LogP contribution < -0.4 is 4.72 Å². The highest BCUT2D eigenvalue weighted by atomic mass is 32.2. The molecule has 0 bridgehead atoms. The topological polar surface area (TPSA) is 96.8 Å². The van der Waals surface area contributed by atoms with Crippen LogP contribution in [0, 0.1) is 0 Å². The van der Waals surface area contributed by atoms with Crippen molar-refractivity contribution < 1.29 is 13.2 Å². The van der Waals surface area contributed by atoms with Crippen LogP contribution in [0.25, 0.3) is 20.8 Å². The molecule has 0 aliphatic carbocycles. The molecule has 166 valence electrons. The van der Waals surface area contributed by atoms with Crippen LogP contribution in [0.4, 0.5) is 5.69 Å². The van der Waals surface area contributed by atoms with Crippen LogP contribution in [0.15, 0.2) is 71.5 Å². The normalized spacial score (nSPS) is 15.7. The molecular formula is C22H23N5O3S2. The third-order valence-corrected chi connectivity index (χ3v) is 7.39. The van der Waals surface area contributed by atoms with E-state index in [4.69, 9.17) is 4.74 Å². The average Bonchev–Trinajstić information content (AvgIpc) is 3.24. The van der Waals surface area contributed by atoms with Gasteiger partial charge in [-0.05, 0) is 31.2 Å². The number of aromatic nitrogens is 2. The quantitative estimate of drug-likeness (QED) is 0.435. The summed E-state index contributed by atoms with van der Waals surface area (Å²) in [6, 6.07) is 9.01. The lowest BCUT2D eigenvalue weighted by Gasteiger charge is -2.28. The van der Waals surface area contributed by atoms with E-state index in [1.165, 1.54) is 24.5 Å². The molecule has 0 saturated carbocycles. The molecule has 10 heteroatoms. The molecule has 3 aromatic rings. The molecule has 1 aromatic carbocycles. The van der Waals surface area contributed by atoms with E-state index in [0.29, 0.717) is 37.8 Å². The van der Waals surface area contributed by atoms with E-state index in [1.54, 1.807) is 36.7 Å². The van der Waals surface area contributed by atoms with Crippen LogP contribution in [0.1, 0.15) is 6.92 Å². The number of nitrogens with one attached hydrogen (secondary N) is 1. The Balaban J connectivity index is 1.53. The highest BCUT2D eigenvalue weighted by molar-refractivity contribution is 7.96. The predicted octanol–water partition coefficient (Wildman–Crippen LogP) is 3.88. The summed E-state index contributed by atoms with van der Waals surface area (Å²) in [4.78, 5) is 15.2. The summed E-state index contributed by atoms with van der Waals surface area (Å²) in [7, 11) is -3.77. The number of allylic oxidation sites excluding steroid dienone is 1. The molecule has 1 fully saturated rings. The van der Waals surface area contributed by atoms with Crippen LogP contribution in [0.2, 0.25) is 0 Å². The van der Waals surface area contributed by atoms with Crippen molar-refractivity contribution in [1.82, 2.24) is 14.9 Å². The standard InChI is InChI=1S/C22H23N5O3S2/c1-3-21(27-9-11-30-12-10-27)24-14-16(2)32(28,29)26-18-6-4-5-17(13-18)22-25-19-7-8-23-15-20(19)31-22/h3-8,13-15,26H,1,9-12H2,2H3/b16-14+,24-21+. The Morgan fingerprint density at radius 1 is 1.31 bits per heavy atom. The molecule has 3 heterocycles. The van der Waals surface area contributed by atoms with Crippen LogP contribution in [0.3, 0.4) is 0 Å². The number of hydrogen-bond donors (Lipinski definition) is 1. The first-order valence-corrected chi connectivity index (χ1v) is 12.3. The molecule has 0 amide bonds. The van der Waals surface area contributed by atoms with Crippen LogP contribution in [-0.4, -0.2) is 55.4 Å². The van der Waals surface area contributed by atoms with E-state index in [0.717, 1.165) is 20.8 Å². The third-order valence-electron chi connectivity index (χ3n) is 4.87. The Morgan fingerprint density at radius 3 is 2.88 bits per heavy atom. The fourth-order valence-corrected chi connectivity index (χ4v) is 4.86. The lowest BCUT2D eigenvalue weighted by Crippen LogP contribution is -2.39. The number of aliphatic imine (C=N–C) groups is 1. The highest BCUT2D eigenvalue weighted by Crippen LogP contribution is 2.31. The van der Waals surface area contributed by atoms with Gasteiger partial charge in [0.05, 0.1) is 28.3 Å². The lowest BCUT2D eigenvalue weighted by molar-refractivity contribution is 0.0684. The summed E-state index contributed by atoms with van der Waals surface area (Å²) in [5, 5.41) is 0.798. The summed E-state index contributed by atoms with van der Waals surface area (Å²) in [5.74, 6) is 0.621. The fraction of sp³-hybridized carbons (Fsp3) is 0.227. The Labute approximate surface area is 191 Å². The van der Waals surface area contributed by atoms with E-state index in [2.05, 4.69) is 26.3 Å². The smallest absolute Gasteiger partial charge is 0.259 e. The Bertz CT molecular complexity index is 1260. The number of morpholine rings is 1. The number of ether oxygens (including phenoxy) is 1. The first-order chi connectivity index (χ1) is 15.5. The summed E-state index contributed by atoms with van der Waals surface area (Å²) in [6.45, 7) is 7.89. The largest absolute Gasteiger partial charge is 0.378 e. The van der Waals surface area contributed by atoms with Crippen molar-refractivity contribution in [3.05, 3.63) is 66.5 Å². The van der Waals surface area contributed by atoms with Gasteiger partial charge in [0.1, 0.15) is 10.8 Å². The van der Waals surface area contributed by atoms with Gasteiger partial charge in [0, 0.05) is 42.9 Å². The number of rotatable bonds is 6. The third kappa shape index (κ3) is 5.04. The number of nitrogens with zero attached hydrogens (tertiary/aromatic N) is 4. The first kappa shape index (κ1) is 22.1. The second-order valence-electron chi connectivity index (χ2n) is 7.08. The van der Waals surface area contributed by atoms with Gasteiger partial charge < -0.3 is 9.64 Å². The zero-order chi connectivity index (χ0) is 22.6. The Hall–Kier alpha value is -3.08. The zero-order valence-electron chi connectivity index (χ0n) is 17.6. The summed E-state index contributed by atoms with van der Waals surface area (Å²) in [5.41, 5.74) is 2.14. The summed E-state index contributed by atoms with van der Waals surface area (Å²) in [6.07, 6.45) is 6.43. The van der Waals surface area contributed by atoms with Gasteiger partial charge in [0.15, 0.2) is 0 Å². The van der Waals surface area contributed by atoms with Gasteiger partial charge in [-0.15, -0.1) is 11.3 Å². The molecule has 0 atom stereocenters. The highest BCUT2D eigenvalue weighted by Gasteiger charge is 2.16. The molecule has 2 aromatic heterocycles. The molecule has 1 saturated heterocycles. The van der Waals surface area contributed by atoms with E-state index < -0.39 is 10.0 Å². The van der Waals surface area contributed by atoms with E-state index >= 15 is 0 Å². The number of benzene rings is 1. The molecule has 1 aliphatic rings. The van der Waals surface area contributed by atoms with Gasteiger partial charge in [-0.2, -0.15) is 0 Å². The van der Waals surface area contributed by atoms with Gasteiger partial charge in [0.2, 0.25) is 0 Å². The number of pyridine rings is 1. The Morgan fingerprint density at radius 2 is 2.12 bits per heavy atom. The van der Waals surface area contributed by atoms with Crippen LogP contribution >= 0.6 is 11.3 Å². The maximum atomic E-state index is 12.8. The van der Waals surface area contributed by atoms with Crippen molar-refractivity contribution in [2.75, 3.05) is 31.0 Å². The molecule has 32 heavy (non-hydrogen) atoms. The van der Waals surface area contributed by atoms with E-state index in [9.17, 15) is 8.42 Å². The van der Waals surface area contributed by atoms with Gasteiger partial charge >= 0.3 is 0 Å². The molecule has 1 N–H and O–H groups in total. The second kappa shape index (κ2) is 9.60. The minimum absolute atomic E-state index is 0.0987. The zero-order valence-corrected chi connectivity index (χ0v) is 19.2. The molecule has 4 rings (SSSR count). The summed E-state index contributed by atoms with van der Waals surface area (Å²) >= 11 is 1.51. The molecule has 0 radical (unpaired) electrons. The number of thiazole rings is 1. The molecule has 1 aliphatic heterocycles. The van der Waals surface area contributed by atoms with Crippen molar-refractivity contribution in [2.45, 2.75) is 6.92 Å². The molecular weight excluding hydrogens is 446 g/mol. The van der Waals surface area contributed by atoms with Gasteiger partial charge in [-0.1, -0.05) is 18.7 Å².